The SMILES string of the molecule is Cc1cc(-c2nccc3c2oc2ccccc23)ccc1-c1ccc(-c2nccc3c2oc2ccccc23)c2ccccc12. The van der Waals surface area contributed by atoms with Gasteiger partial charge in [0.15, 0.2) is 11.2 Å². The van der Waals surface area contributed by atoms with Crippen LogP contribution in [0.1, 0.15) is 5.56 Å². The molecule has 0 saturated carbocycles. The Morgan fingerprint density at radius 2 is 0.953 bits per heavy atom. The molecule has 0 amide bonds. The Bertz CT molecular complexity index is 2540. The van der Waals surface area contributed by atoms with Crippen molar-refractivity contribution in [3.8, 4) is 33.6 Å². The summed E-state index contributed by atoms with van der Waals surface area (Å²) in [6.45, 7) is 2.16. The first-order valence-corrected chi connectivity index (χ1v) is 14.4. The molecule has 0 aliphatic carbocycles. The van der Waals surface area contributed by atoms with Crippen molar-refractivity contribution < 1.29 is 8.83 Å². The summed E-state index contributed by atoms with van der Waals surface area (Å²) in [5.74, 6) is 0. The van der Waals surface area contributed by atoms with Crippen LogP contribution >= 0.6 is 0 Å². The average Bonchev–Trinajstić information content (AvgIpc) is 3.63. The first-order chi connectivity index (χ1) is 21.2. The van der Waals surface area contributed by atoms with Crippen LogP contribution in [0.2, 0.25) is 0 Å². The van der Waals surface area contributed by atoms with Crippen molar-refractivity contribution in [2.24, 2.45) is 0 Å². The summed E-state index contributed by atoms with van der Waals surface area (Å²) in [5, 5.41) is 6.67. The summed E-state index contributed by atoms with van der Waals surface area (Å²) in [4.78, 5) is 9.56. The molecule has 0 saturated heterocycles. The molecular formula is C39H24N2O2. The van der Waals surface area contributed by atoms with E-state index in [1.54, 1.807) is 0 Å². The Kier molecular flexibility index (Phi) is 5.08. The Morgan fingerprint density at radius 3 is 1.60 bits per heavy atom. The summed E-state index contributed by atoms with van der Waals surface area (Å²) in [6.07, 6.45) is 3.74. The number of rotatable bonds is 3. The Hall–Kier alpha value is -5.74. The molecule has 9 aromatic rings. The van der Waals surface area contributed by atoms with Crippen molar-refractivity contribution in [2.75, 3.05) is 0 Å². The molecule has 4 heterocycles. The number of furan rings is 2. The van der Waals surface area contributed by atoms with Crippen LogP contribution in [0.3, 0.4) is 0 Å². The van der Waals surface area contributed by atoms with E-state index in [1.165, 1.54) is 22.1 Å². The van der Waals surface area contributed by atoms with Crippen LogP contribution in [0.25, 0.3) is 88.3 Å². The third-order valence-corrected chi connectivity index (χ3v) is 8.56. The van der Waals surface area contributed by atoms with E-state index in [0.717, 1.165) is 71.8 Å². The van der Waals surface area contributed by atoms with E-state index in [1.807, 2.05) is 60.9 Å². The molecule has 0 fully saturated rings. The van der Waals surface area contributed by atoms with Gasteiger partial charge >= 0.3 is 0 Å². The fourth-order valence-electron chi connectivity index (χ4n) is 6.55. The molecule has 9 rings (SSSR count). The highest BCUT2D eigenvalue weighted by molar-refractivity contribution is 6.13. The molecule has 0 aliphatic rings. The smallest absolute Gasteiger partial charge is 0.161 e. The van der Waals surface area contributed by atoms with Crippen LogP contribution in [0.5, 0.6) is 0 Å². The average molecular weight is 553 g/mol. The van der Waals surface area contributed by atoms with E-state index >= 15 is 0 Å². The molecule has 4 aromatic heterocycles. The molecule has 0 bridgehead atoms. The summed E-state index contributed by atoms with van der Waals surface area (Å²) in [5.41, 5.74) is 10.7. The molecule has 4 heteroatoms. The molecule has 0 aliphatic heterocycles. The quantitative estimate of drug-likeness (QED) is 0.219. The standard InChI is InChI=1S/C39H24N2O2/c1-23-22-24(36-38-32(18-20-40-36)29-10-4-6-12-34(29)42-38)14-15-25(23)28-16-17-31(27-9-3-2-8-26(27)28)37-39-33(19-21-41-37)30-11-5-7-13-35(30)43-39/h2-22H,1H3. The van der Waals surface area contributed by atoms with E-state index in [2.05, 4.69) is 73.7 Å². The van der Waals surface area contributed by atoms with Gasteiger partial charge in [-0.1, -0.05) is 84.9 Å². The fraction of sp³-hybridized carbons (Fsp3) is 0.0256. The molecule has 5 aromatic carbocycles. The normalized spacial score (nSPS) is 11.8. The van der Waals surface area contributed by atoms with Gasteiger partial charge in [0.1, 0.15) is 22.6 Å². The topological polar surface area (TPSA) is 52.1 Å². The van der Waals surface area contributed by atoms with Gasteiger partial charge in [-0.25, -0.2) is 0 Å². The van der Waals surface area contributed by atoms with E-state index < -0.39 is 0 Å². The number of para-hydroxylation sites is 2. The van der Waals surface area contributed by atoms with E-state index in [4.69, 9.17) is 18.8 Å². The van der Waals surface area contributed by atoms with Gasteiger partial charge in [0.25, 0.3) is 0 Å². The highest BCUT2D eigenvalue weighted by atomic mass is 16.3. The number of fused-ring (bicyclic) bond motifs is 7. The maximum absolute atomic E-state index is 6.35. The number of aryl methyl sites for hydroxylation is 1. The van der Waals surface area contributed by atoms with Crippen LogP contribution in [0, 0.1) is 6.92 Å². The second kappa shape index (κ2) is 9.13. The lowest BCUT2D eigenvalue weighted by Crippen LogP contribution is -1.91. The third kappa shape index (κ3) is 3.57. The highest BCUT2D eigenvalue weighted by Gasteiger charge is 2.18. The number of hydrogen-bond donors (Lipinski definition) is 0. The molecule has 43 heavy (non-hydrogen) atoms. The van der Waals surface area contributed by atoms with Crippen LogP contribution in [-0.4, -0.2) is 9.97 Å². The second-order valence-corrected chi connectivity index (χ2v) is 11.0. The lowest BCUT2D eigenvalue weighted by atomic mass is 9.90. The van der Waals surface area contributed by atoms with E-state index in [9.17, 15) is 0 Å². The van der Waals surface area contributed by atoms with Gasteiger partial charge in [0.05, 0.1) is 0 Å². The monoisotopic (exact) mass is 552 g/mol. The summed E-state index contributed by atoms with van der Waals surface area (Å²) >= 11 is 0. The van der Waals surface area contributed by atoms with Gasteiger partial charge in [0.2, 0.25) is 0 Å². The molecule has 0 spiro atoms. The molecular weight excluding hydrogens is 528 g/mol. The zero-order valence-corrected chi connectivity index (χ0v) is 23.3. The Labute approximate surface area is 246 Å². The van der Waals surface area contributed by atoms with Crippen LogP contribution < -0.4 is 0 Å². The summed E-state index contributed by atoms with van der Waals surface area (Å²) in [7, 11) is 0. The number of aromatic nitrogens is 2. The highest BCUT2D eigenvalue weighted by Crippen LogP contribution is 2.41. The van der Waals surface area contributed by atoms with Crippen LogP contribution in [-0.2, 0) is 0 Å². The predicted octanol–water partition coefficient (Wildman–Crippen LogP) is 10.7. The van der Waals surface area contributed by atoms with Crippen molar-refractivity contribution in [1.82, 2.24) is 9.97 Å². The first kappa shape index (κ1) is 23.9. The van der Waals surface area contributed by atoms with Gasteiger partial charge in [-0.3, -0.25) is 9.97 Å². The lowest BCUT2D eigenvalue weighted by molar-refractivity contribution is 0.668. The fourth-order valence-corrected chi connectivity index (χ4v) is 6.55. The lowest BCUT2D eigenvalue weighted by Gasteiger charge is -2.14. The van der Waals surface area contributed by atoms with E-state index in [0.29, 0.717) is 0 Å². The van der Waals surface area contributed by atoms with Crippen LogP contribution in [0.15, 0.2) is 136 Å². The number of pyridine rings is 2. The van der Waals surface area contributed by atoms with Crippen molar-refractivity contribution >= 4 is 54.6 Å². The maximum Gasteiger partial charge on any atom is 0.161 e. The van der Waals surface area contributed by atoms with Crippen molar-refractivity contribution in [3.63, 3.8) is 0 Å². The van der Waals surface area contributed by atoms with Crippen molar-refractivity contribution in [2.45, 2.75) is 6.92 Å². The Morgan fingerprint density at radius 1 is 0.442 bits per heavy atom. The zero-order valence-electron chi connectivity index (χ0n) is 23.3. The summed E-state index contributed by atoms with van der Waals surface area (Å²) < 4.78 is 12.6. The van der Waals surface area contributed by atoms with Gasteiger partial charge in [0, 0.05) is 45.1 Å². The van der Waals surface area contributed by atoms with Gasteiger partial charge in [-0.2, -0.15) is 0 Å². The molecule has 0 unspecified atom stereocenters. The molecule has 0 N–H and O–H groups in total. The van der Waals surface area contributed by atoms with Gasteiger partial charge in [-0.05, 0) is 64.7 Å². The largest absolute Gasteiger partial charge is 0.454 e. The summed E-state index contributed by atoms with van der Waals surface area (Å²) in [6, 6.07) is 39.9. The molecule has 0 radical (unpaired) electrons. The number of nitrogens with zero attached hydrogens (tertiary/aromatic N) is 2. The minimum atomic E-state index is 0.814. The molecule has 4 nitrogen and oxygen atoms in total. The van der Waals surface area contributed by atoms with Crippen molar-refractivity contribution in [3.05, 3.63) is 133 Å². The van der Waals surface area contributed by atoms with Crippen LogP contribution in [0.4, 0.5) is 0 Å². The zero-order chi connectivity index (χ0) is 28.5. The predicted molar refractivity (Wildman–Crippen MR) is 175 cm³/mol. The Balaban J connectivity index is 1.20. The second-order valence-electron chi connectivity index (χ2n) is 11.0. The van der Waals surface area contributed by atoms with Crippen molar-refractivity contribution in [1.29, 1.82) is 0 Å². The molecule has 202 valence electrons. The number of benzene rings is 5. The maximum atomic E-state index is 6.35. The molecule has 0 atom stereocenters. The van der Waals surface area contributed by atoms with Gasteiger partial charge in [-0.15, -0.1) is 0 Å². The van der Waals surface area contributed by atoms with Gasteiger partial charge < -0.3 is 8.83 Å². The minimum absolute atomic E-state index is 0.814. The first-order valence-electron chi connectivity index (χ1n) is 14.4. The minimum Gasteiger partial charge on any atom is -0.454 e. The third-order valence-electron chi connectivity index (χ3n) is 8.56. The number of hydrogen-bond acceptors (Lipinski definition) is 4. The van der Waals surface area contributed by atoms with E-state index in [-0.39, 0.29) is 0 Å².